The summed E-state index contributed by atoms with van der Waals surface area (Å²) in [5.74, 6) is 0.433. The predicted molar refractivity (Wildman–Crippen MR) is 159 cm³/mol. The van der Waals surface area contributed by atoms with Crippen LogP contribution in [0.1, 0.15) is 50.4 Å². The van der Waals surface area contributed by atoms with Crippen molar-refractivity contribution in [1.82, 2.24) is 5.32 Å². The van der Waals surface area contributed by atoms with Crippen LogP contribution in [0.15, 0.2) is 137 Å². The Balaban J connectivity index is 0.000000437. The van der Waals surface area contributed by atoms with E-state index in [2.05, 4.69) is 120 Å². The molecule has 1 aliphatic heterocycles. The third-order valence-corrected chi connectivity index (χ3v) is 6.95. The topological polar surface area (TPSA) is 24.4 Å². The van der Waals surface area contributed by atoms with Crippen LogP contribution in [-0.2, 0) is 0 Å². The van der Waals surface area contributed by atoms with E-state index in [9.17, 15) is 0 Å². The van der Waals surface area contributed by atoms with Crippen LogP contribution in [0.3, 0.4) is 0 Å². The first-order chi connectivity index (χ1) is 17.3. The largest absolute Gasteiger partial charge is 2.00 e. The molecule has 180 valence electrons. The van der Waals surface area contributed by atoms with Crippen LogP contribution >= 0.6 is 11.8 Å². The molecule has 5 rings (SSSR count). The minimum Gasteiger partial charge on any atom is -1.00 e. The van der Waals surface area contributed by atoms with Gasteiger partial charge < -0.3 is 8.17 Å². The molecule has 0 fully saturated rings. The minimum atomic E-state index is 0. The fraction of sp³-hybridized carbons (Fsp3) is 0.156. The van der Waals surface area contributed by atoms with Gasteiger partial charge in [0.15, 0.2) is 0 Å². The van der Waals surface area contributed by atoms with Gasteiger partial charge in [0.25, 0.3) is 0 Å². The zero-order chi connectivity index (χ0) is 24.1. The first kappa shape index (κ1) is 28.4. The van der Waals surface area contributed by atoms with Crippen molar-refractivity contribution in [2.75, 3.05) is 6.54 Å². The number of fused-ring (bicyclic) bond motifs is 1. The molecule has 1 atom stereocenters. The average Bonchev–Trinajstić information content (AvgIpc) is 3.19. The standard InChI is InChI=1S/C23H25N.C9H7NS.Ca.2H/c1-19(20-11-5-2-6-12-20)24-18-17-23(21-13-7-3-8-14-21)22-15-9-4-10-16-22;1-2-4-9-8(3-1)7-10-5-6-11-9;;;/h2-16,19,23-24H,17-18H2,1H3;1-7H;;;/q;;+2;2*-1. The van der Waals surface area contributed by atoms with Crippen molar-refractivity contribution >= 4 is 55.7 Å². The van der Waals surface area contributed by atoms with Gasteiger partial charge in [0.05, 0.1) is 0 Å². The van der Waals surface area contributed by atoms with Crippen molar-refractivity contribution in [3.8, 4) is 0 Å². The number of thioether (sulfide) groups is 1. The van der Waals surface area contributed by atoms with Gasteiger partial charge in [-0.05, 0) is 48.1 Å². The quantitative estimate of drug-likeness (QED) is 0.250. The van der Waals surface area contributed by atoms with Crippen LogP contribution in [-0.4, -0.2) is 50.5 Å². The minimum absolute atomic E-state index is 0. The maximum Gasteiger partial charge on any atom is 2.00 e. The average molecular weight is 519 g/mol. The summed E-state index contributed by atoms with van der Waals surface area (Å²) >= 11 is 1.70. The molecule has 0 bridgehead atoms. The Morgan fingerprint density at radius 1 is 0.722 bits per heavy atom. The summed E-state index contributed by atoms with van der Waals surface area (Å²) in [5.41, 5.74) is 5.31. The van der Waals surface area contributed by atoms with Crippen LogP contribution in [0.4, 0.5) is 0 Å². The number of aliphatic imine (C=N–C) groups is 1. The number of hydrogen-bond acceptors (Lipinski definition) is 3. The van der Waals surface area contributed by atoms with Crippen molar-refractivity contribution in [2.45, 2.75) is 30.2 Å². The second kappa shape index (κ2) is 15.9. The molecule has 0 saturated heterocycles. The maximum atomic E-state index is 4.09. The van der Waals surface area contributed by atoms with E-state index in [1.54, 1.807) is 11.8 Å². The Hall–Kier alpha value is -2.14. The third-order valence-electron chi connectivity index (χ3n) is 6.06. The molecule has 4 aromatic carbocycles. The van der Waals surface area contributed by atoms with E-state index in [1.165, 1.54) is 27.1 Å². The van der Waals surface area contributed by atoms with E-state index < -0.39 is 0 Å². The molecule has 4 aromatic rings. The summed E-state index contributed by atoms with van der Waals surface area (Å²) in [6.07, 6.45) is 4.78. The van der Waals surface area contributed by atoms with E-state index in [1.807, 2.05) is 30.0 Å². The molecule has 0 aromatic heterocycles. The summed E-state index contributed by atoms with van der Waals surface area (Å²) in [6, 6.07) is 40.9. The van der Waals surface area contributed by atoms with Gasteiger partial charge in [0.1, 0.15) is 0 Å². The Morgan fingerprint density at radius 3 is 1.86 bits per heavy atom. The van der Waals surface area contributed by atoms with Gasteiger partial charge in [-0.25, -0.2) is 0 Å². The van der Waals surface area contributed by atoms with Crippen molar-refractivity contribution < 1.29 is 2.85 Å². The van der Waals surface area contributed by atoms with Gasteiger partial charge in [0, 0.05) is 34.8 Å². The number of nitrogens with zero attached hydrogens (tertiary/aromatic N) is 1. The van der Waals surface area contributed by atoms with Gasteiger partial charge >= 0.3 is 37.7 Å². The van der Waals surface area contributed by atoms with Crippen molar-refractivity contribution in [3.05, 3.63) is 149 Å². The molecule has 0 spiro atoms. The van der Waals surface area contributed by atoms with Gasteiger partial charge in [0.2, 0.25) is 0 Å². The Labute approximate surface area is 252 Å². The first-order valence-corrected chi connectivity index (χ1v) is 13.0. The molecular weight excluding hydrogens is 485 g/mol. The van der Waals surface area contributed by atoms with Gasteiger partial charge in [-0.1, -0.05) is 121 Å². The molecule has 0 saturated carbocycles. The molecule has 1 unspecified atom stereocenters. The molecule has 0 amide bonds. The molecule has 36 heavy (non-hydrogen) atoms. The fourth-order valence-corrected chi connectivity index (χ4v) is 4.85. The zero-order valence-corrected chi connectivity index (χ0v) is 23.9. The summed E-state index contributed by atoms with van der Waals surface area (Å²) in [7, 11) is 0. The van der Waals surface area contributed by atoms with Gasteiger partial charge in [-0.15, -0.1) is 0 Å². The Morgan fingerprint density at radius 2 is 1.25 bits per heavy atom. The second-order valence-electron chi connectivity index (χ2n) is 8.47. The number of nitrogens with one attached hydrogen (secondary N) is 1. The number of hydrogen-bond donors (Lipinski definition) is 1. The fourth-order valence-electron chi connectivity index (χ4n) is 4.16. The van der Waals surface area contributed by atoms with Crippen molar-refractivity contribution in [2.24, 2.45) is 4.99 Å². The molecule has 2 nitrogen and oxygen atoms in total. The van der Waals surface area contributed by atoms with E-state index in [0.29, 0.717) is 12.0 Å². The Kier molecular flexibility index (Phi) is 12.5. The molecule has 1 aliphatic rings. The van der Waals surface area contributed by atoms with Gasteiger partial charge in [-0.2, -0.15) is 0 Å². The summed E-state index contributed by atoms with van der Waals surface area (Å²) < 4.78 is 0. The molecule has 0 aliphatic carbocycles. The van der Waals surface area contributed by atoms with Crippen LogP contribution in [0.25, 0.3) is 0 Å². The molecular formula is C32H34CaN2S. The van der Waals surface area contributed by atoms with E-state index in [4.69, 9.17) is 0 Å². The van der Waals surface area contributed by atoms with E-state index >= 15 is 0 Å². The summed E-state index contributed by atoms with van der Waals surface area (Å²) in [4.78, 5) is 5.35. The first-order valence-electron chi connectivity index (χ1n) is 12.1. The third kappa shape index (κ3) is 8.76. The van der Waals surface area contributed by atoms with Crippen LogP contribution < -0.4 is 5.32 Å². The van der Waals surface area contributed by atoms with Crippen molar-refractivity contribution in [3.63, 3.8) is 0 Å². The van der Waals surface area contributed by atoms with Crippen molar-refractivity contribution in [1.29, 1.82) is 0 Å². The molecule has 0 radical (unpaired) electrons. The van der Waals surface area contributed by atoms with Gasteiger partial charge in [-0.3, -0.25) is 4.99 Å². The predicted octanol–water partition coefficient (Wildman–Crippen LogP) is 8.09. The molecule has 4 heteroatoms. The van der Waals surface area contributed by atoms with E-state index in [-0.39, 0.29) is 40.6 Å². The number of benzene rings is 4. The SMILES string of the molecule is C1=CSc2ccccc2C=N1.CC(NCCC(c1ccccc1)c1ccccc1)c1ccccc1.[Ca+2].[H-].[H-]. The monoisotopic (exact) mass is 518 g/mol. The second-order valence-corrected chi connectivity index (χ2v) is 9.42. The normalized spacial score (nSPS) is 12.5. The smallest absolute Gasteiger partial charge is 1.00 e. The molecule has 1 N–H and O–H groups in total. The van der Waals surface area contributed by atoms with Crippen LogP contribution in [0.5, 0.6) is 0 Å². The summed E-state index contributed by atoms with van der Waals surface area (Å²) in [6.45, 7) is 3.22. The summed E-state index contributed by atoms with van der Waals surface area (Å²) in [5, 5.41) is 5.66. The van der Waals surface area contributed by atoms with Crippen LogP contribution in [0.2, 0.25) is 0 Å². The zero-order valence-electron chi connectivity index (χ0n) is 22.8. The van der Waals surface area contributed by atoms with Crippen LogP contribution in [0, 0.1) is 0 Å². The number of rotatable bonds is 7. The molecule has 1 heterocycles. The Bertz CT molecular complexity index is 1180. The maximum absolute atomic E-state index is 4.09. The van der Waals surface area contributed by atoms with E-state index in [0.717, 1.165) is 13.0 Å².